The van der Waals surface area contributed by atoms with Crippen molar-refractivity contribution < 1.29 is 23.8 Å². The fourth-order valence-electron chi connectivity index (χ4n) is 3.04. The molecule has 3 rings (SSSR count). The lowest BCUT2D eigenvalue weighted by molar-refractivity contribution is -0.150. The third-order valence-corrected chi connectivity index (χ3v) is 5.08. The molecule has 1 atom stereocenters. The Hall–Kier alpha value is -2.70. The summed E-state index contributed by atoms with van der Waals surface area (Å²) in [6.07, 6.45) is -1.20. The minimum atomic E-state index is -1.20. The first-order valence-electron chi connectivity index (χ1n) is 9.03. The molecule has 1 heterocycles. The molecular weight excluding hydrogens is 431 g/mol. The van der Waals surface area contributed by atoms with Crippen molar-refractivity contribution in [1.82, 2.24) is 0 Å². The summed E-state index contributed by atoms with van der Waals surface area (Å²) in [4.78, 5) is 24.3. The SMILES string of the molecule is COc1c(-c2cc(=O)c3cccc(Cl)c3o2)ccc(Cl)c1OC(C(=O)O)C(C)(C)C. The van der Waals surface area contributed by atoms with Gasteiger partial charge >= 0.3 is 5.97 Å². The van der Waals surface area contributed by atoms with Gasteiger partial charge in [-0.05, 0) is 24.3 Å². The average Bonchev–Trinajstić information content (AvgIpc) is 2.66. The molecule has 8 heteroatoms. The normalized spacial score (nSPS) is 12.6. The second-order valence-corrected chi connectivity index (χ2v) is 8.57. The van der Waals surface area contributed by atoms with Crippen LogP contribution in [0.5, 0.6) is 11.5 Å². The molecular formula is C22H20Cl2O6. The van der Waals surface area contributed by atoms with Gasteiger partial charge < -0.3 is 19.0 Å². The number of aliphatic carboxylic acids is 1. The molecule has 158 valence electrons. The molecule has 0 aliphatic rings. The summed E-state index contributed by atoms with van der Waals surface area (Å²) in [5.74, 6) is -0.773. The van der Waals surface area contributed by atoms with Crippen molar-refractivity contribution in [1.29, 1.82) is 0 Å². The molecule has 0 spiro atoms. The second kappa shape index (κ2) is 8.20. The average molecular weight is 451 g/mol. The number of fused-ring (bicyclic) bond motifs is 1. The number of halogens is 2. The number of rotatable bonds is 5. The van der Waals surface area contributed by atoms with Crippen LogP contribution in [0.3, 0.4) is 0 Å². The van der Waals surface area contributed by atoms with Gasteiger partial charge in [0.1, 0.15) is 5.76 Å². The molecule has 1 unspecified atom stereocenters. The first kappa shape index (κ1) is 22.0. The monoisotopic (exact) mass is 450 g/mol. The van der Waals surface area contributed by atoms with Gasteiger partial charge in [0, 0.05) is 11.5 Å². The van der Waals surface area contributed by atoms with Crippen molar-refractivity contribution in [3.8, 4) is 22.8 Å². The molecule has 0 saturated carbocycles. The Kier molecular flexibility index (Phi) is 6.01. The lowest BCUT2D eigenvalue weighted by Gasteiger charge is -2.28. The molecule has 6 nitrogen and oxygen atoms in total. The molecule has 0 bridgehead atoms. The third kappa shape index (κ3) is 4.11. The summed E-state index contributed by atoms with van der Waals surface area (Å²) in [5, 5.41) is 10.4. The number of carboxylic acid groups (broad SMARTS) is 1. The number of para-hydroxylation sites is 1. The summed E-state index contributed by atoms with van der Waals surface area (Å²) in [5.41, 5.74) is -0.404. The van der Waals surface area contributed by atoms with Gasteiger partial charge in [-0.1, -0.05) is 50.0 Å². The van der Waals surface area contributed by atoms with E-state index < -0.39 is 17.5 Å². The summed E-state index contributed by atoms with van der Waals surface area (Å²) >= 11 is 12.5. The molecule has 30 heavy (non-hydrogen) atoms. The van der Waals surface area contributed by atoms with Crippen LogP contribution in [0.25, 0.3) is 22.3 Å². The first-order chi connectivity index (χ1) is 14.0. The maximum Gasteiger partial charge on any atom is 0.345 e. The minimum absolute atomic E-state index is 0.0425. The van der Waals surface area contributed by atoms with Gasteiger partial charge in [0.25, 0.3) is 0 Å². The number of carbonyl (C=O) groups is 1. The zero-order valence-electron chi connectivity index (χ0n) is 16.8. The van der Waals surface area contributed by atoms with Gasteiger partial charge in [0.2, 0.25) is 6.10 Å². The Morgan fingerprint density at radius 1 is 1.10 bits per heavy atom. The molecule has 0 fully saturated rings. The zero-order chi connectivity index (χ0) is 22.2. The second-order valence-electron chi connectivity index (χ2n) is 7.75. The first-order valence-corrected chi connectivity index (χ1v) is 9.79. The summed E-state index contributed by atoms with van der Waals surface area (Å²) in [7, 11) is 1.39. The number of carboxylic acids is 1. The molecule has 3 aromatic rings. The van der Waals surface area contributed by atoms with Crippen LogP contribution in [-0.2, 0) is 4.79 Å². The molecule has 0 aliphatic carbocycles. The van der Waals surface area contributed by atoms with Crippen molar-refractivity contribution in [2.45, 2.75) is 26.9 Å². The largest absolute Gasteiger partial charge is 0.492 e. The van der Waals surface area contributed by atoms with Crippen LogP contribution in [0.1, 0.15) is 20.8 Å². The highest BCUT2D eigenvalue weighted by Gasteiger charge is 2.35. The van der Waals surface area contributed by atoms with E-state index in [0.717, 1.165) is 0 Å². The Balaban J connectivity index is 2.22. The highest BCUT2D eigenvalue weighted by atomic mass is 35.5. The van der Waals surface area contributed by atoms with E-state index in [1.54, 1.807) is 45.0 Å². The van der Waals surface area contributed by atoms with Crippen molar-refractivity contribution in [3.63, 3.8) is 0 Å². The van der Waals surface area contributed by atoms with E-state index in [1.807, 2.05) is 0 Å². The van der Waals surface area contributed by atoms with Crippen LogP contribution in [0, 0.1) is 5.41 Å². The maximum atomic E-state index is 12.6. The quantitative estimate of drug-likeness (QED) is 0.539. The fraction of sp³-hybridized carbons (Fsp3) is 0.273. The Morgan fingerprint density at radius 2 is 1.80 bits per heavy atom. The smallest absolute Gasteiger partial charge is 0.345 e. The fourth-order valence-corrected chi connectivity index (χ4v) is 3.44. The Labute approximate surface area is 182 Å². The molecule has 0 saturated heterocycles. The van der Waals surface area contributed by atoms with E-state index in [2.05, 4.69) is 0 Å². The van der Waals surface area contributed by atoms with Crippen LogP contribution in [0.2, 0.25) is 10.0 Å². The molecule has 0 amide bonds. The standard InChI is InChI=1S/C22H20Cl2O6/c1-22(2,3)20(21(26)27)30-19-14(24)9-8-12(18(19)28-4)16-10-15(25)11-6-5-7-13(23)17(11)29-16/h5-10,20H,1-4H3,(H,26,27). The number of hydrogen-bond donors (Lipinski definition) is 1. The predicted octanol–water partition coefficient (Wildman–Crippen LogP) is 5.65. The van der Waals surface area contributed by atoms with Crippen LogP contribution < -0.4 is 14.9 Å². The maximum absolute atomic E-state index is 12.6. The van der Waals surface area contributed by atoms with Crippen LogP contribution in [0.4, 0.5) is 0 Å². The Morgan fingerprint density at radius 3 is 2.40 bits per heavy atom. The van der Waals surface area contributed by atoms with Gasteiger partial charge in [0.05, 0.1) is 28.1 Å². The van der Waals surface area contributed by atoms with Crippen molar-refractivity contribution in [3.05, 3.63) is 56.7 Å². The third-order valence-electron chi connectivity index (χ3n) is 4.49. The van der Waals surface area contributed by atoms with E-state index in [0.29, 0.717) is 10.9 Å². The van der Waals surface area contributed by atoms with Gasteiger partial charge in [-0.3, -0.25) is 4.79 Å². The van der Waals surface area contributed by atoms with Crippen LogP contribution in [0.15, 0.2) is 45.6 Å². The summed E-state index contributed by atoms with van der Waals surface area (Å²) in [6.45, 7) is 5.21. The van der Waals surface area contributed by atoms with Gasteiger partial charge in [-0.25, -0.2) is 4.79 Å². The van der Waals surface area contributed by atoms with Crippen molar-refractivity contribution in [2.24, 2.45) is 5.41 Å². The summed E-state index contributed by atoms with van der Waals surface area (Å²) < 4.78 is 17.2. The topological polar surface area (TPSA) is 86.0 Å². The van der Waals surface area contributed by atoms with E-state index in [4.69, 9.17) is 37.1 Å². The lowest BCUT2D eigenvalue weighted by atomic mass is 9.89. The van der Waals surface area contributed by atoms with Gasteiger partial charge in [0.15, 0.2) is 22.5 Å². The van der Waals surface area contributed by atoms with Gasteiger partial charge in [-0.15, -0.1) is 0 Å². The van der Waals surface area contributed by atoms with Crippen molar-refractivity contribution >= 4 is 40.1 Å². The van der Waals surface area contributed by atoms with Gasteiger partial charge in [-0.2, -0.15) is 0 Å². The lowest BCUT2D eigenvalue weighted by Crippen LogP contribution is -2.39. The zero-order valence-corrected chi connectivity index (χ0v) is 18.3. The van der Waals surface area contributed by atoms with E-state index >= 15 is 0 Å². The number of hydrogen-bond acceptors (Lipinski definition) is 5. The van der Waals surface area contributed by atoms with Crippen LogP contribution in [-0.4, -0.2) is 24.3 Å². The molecule has 0 aliphatic heterocycles. The highest BCUT2D eigenvalue weighted by Crippen LogP contribution is 2.44. The number of ether oxygens (including phenoxy) is 2. The predicted molar refractivity (Wildman–Crippen MR) is 116 cm³/mol. The highest BCUT2D eigenvalue weighted by molar-refractivity contribution is 6.34. The molecule has 2 aromatic carbocycles. The Bertz CT molecular complexity index is 1180. The number of methoxy groups -OCH3 is 1. The van der Waals surface area contributed by atoms with E-state index in [-0.39, 0.29) is 38.3 Å². The molecule has 1 N–H and O–H groups in total. The van der Waals surface area contributed by atoms with E-state index in [9.17, 15) is 14.7 Å². The molecule has 0 radical (unpaired) electrons. The number of benzene rings is 2. The molecule has 1 aromatic heterocycles. The minimum Gasteiger partial charge on any atom is -0.492 e. The van der Waals surface area contributed by atoms with E-state index in [1.165, 1.54) is 19.2 Å². The van der Waals surface area contributed by atoms with Crippen LogP contribution >= 0.6 is 23.2 Å². The van der Waals surface area contributed by atoms with Crippen molar-refractivity contribution in [2.75, 3.05) is 7.11 Å². The summed E-state index contributed by atoms with van der Waals surface area (Å²) in [6, 6.07) is 9.33.